The van der Waals surface area contributed by atoms with E-state index in [2.05, 4.69) is 15.0 Å². The van der Waals surface area contributed by atoms with Gasteiger partial charge in [-0.25, -0.2) is 4.90 Å². The fraction of sp³-hybridized carbons (Fsp3) is 0.0909. The number of aromatic hydroxyl groups is 2. The van der Waals surface area contributed by atoms with E-state index >= 15 is 0 Å². The maximum atomic E-state index is 11.7. The topological polar surface area (TPSA) is 99.4 Å². The van der Waals surface area contributed by atoms with Gasteiger partial charge in [0, 0.05) is 6.92 Å². The van der Waals surface area contributed by atoms with Crippen LogP contribution in [0.4, 0.5) is 11.6 Å². The van der Waals surface area contributed by atoms with E-state index in [1.54, 1.807) is 24.3 Å². The predicted molar refractivity (Wildman–Crippen MR) is 67.4 cm³/mol. The Morgan fingerprint density at radius 1 is 1.16 bits per heavy atom. The van der Waals surface area contributed by atoms with Crippen LogP contribution in [-0.2, 0) is 4.79 Å². The van der Waals surface area contributed by atoms with E-state index in [4.69, 9.17) is 11.6 Å². The number of hydrogen-bond acceptors (Lipinski definition) is 6. The lowest BCUT2D eigenvalue weighted by molar-refractivity contribution is -0.115. The van der Waals surface area contributed by atoms with Crippen molar-refractivity contribution in [1.29, 1.82) is 0 Å². The van der Waals surface area contributed by atoms with Gasteiger partial charge in [0.15, 0.2) is 0 Å². The highest BCUT2D eigenvalue weighted by Gasteiger charge is 2.21. The summed E-state index contributed by atoms with van der Waals surface area (Å²) in [5.74, 6) is -0.649. The van der Waals surface area contributed by atoms with Crippen molar-refractivity contribution >= 4 is 29.1 Å². The SMILES string of the molecule is CC(=O)N(c1nc(O)nc(O)n1)c1ccccc1Cl. The first kappa shape index (κ1) is 13.0. The van der Waals surface area contributed by atoms with Gasteiger partial charge in [-0.3, -0.25) is 4.79 Å². The second-order valence-corrected chi connectivity index (χ2v) is 3.95. The molecule has 98 valence electrons. The van der Waals surface area contributed by atoms with Crippen LogP contribution >= 0.6 is 11.6 Å². The second-order valence-electron chi connectivity index (χ2n) is 3.54. The number of carbonyl (C=O) groups excluding carboxylic acids is 1. The van der Waals surface area contributed by atoms with Gasteiger partial charge in [0.05, 0.1) is 10.7 Å². The van der Waals surface area contributed by atoms with E-state index in [1.807, 2.05) is 0 Å². The minimum absolute atomic E-state index is 0.217. The van der Waals surface area contributed by atoms with Gasteiger partial charge in [0.1, 0.15) is 0 Å². The van der Waals surface area contributed by atoms with Crippen molar-refractivity contribution in [3.8, 4) is 12.0 Å². The highest BCUT2D eigenvalue weighted by Crippen LogP contribution is 2.30. The third-order valence-corrected chi connectivity index (χ3v) is 2.53. The summed E-state index contributed by atoms with van der Waals surface area (Å²) in [6, 6.07) is 5.17. The summed E-state index contributed by atoms with van der Waals surface area (Å²) in [6.45, 7) is 1.28. The molecular formula is C11H9ClN4O3. The summed E-state index contributed by atoms with van der Waals surface area (Å²) >= 11 is 6.00. The average molecular weight is 281 g/mol. The molecule has 0 bridgehead atoms. The summed E-state index contributed by atoms with van der Waals surface area (Å²) in [5.41, 5.74) is 0.335. The molecule has 0 fully saturated rings. The Labute approximate surface area is 113 Å². The minimum atomic E-state index is -0.694. The van der Waals surface area contributed by atoms with Crippen molar-refractivity contribution in [3.05, 3.63) is 29.3 Å². The number of amides is 1. The molecule has 0 radical (unpaired) electrons. The number of nitrogens with zero attached hydrogens (tertiary/aromatic N) is 4. The first-order valence-corrected chi connectivity index (χ1v) is 5.56. The van der Waals surface area contributed by atoms with Gasteiger partial charge in [-0.2, -0.15) is 9.97 Å². The van der Waals surface area contributed by atoms with Crippen LogP contribution in [0, 0.1) is 0 Å². The zero-order valence-electron chi connectivity index (χ0n) is 9.78. The lowest BCUT2D eigenvalue weighted by Gasteiger charge is -2.19. The normalized spacial score (nSPS) is 10.2. The quantitative estimate of drug-likeness (QED) is 0.867. The van der Waals surface area contributed by atoms with E-state index in [0.717, 1.165) is 4.90 Å². The molecule has 2 N–H and O–H groups in total. The van der Waals surface area contributed by atoms with E-state index in [9.17, 15) is 15.0 Å². The van der Waals surface area contributed by atoms with Gasteiger partial charge in [0.25, 0.3) is 0 Å². The van der Waals surface area contributed by atoms with Crippen molar-refractivity contribution in [2.75, 3.05) is 4.90 Å². The second kappa shape index (κ2) is 5.07. The van der Waals surface area contributed by atoms with E-state index in [-0.39, 0.29) is 5.95 Å². The Kier molecular flexibility index (Phi) is 3.48. The van der Waals surface area contributed by atoms with Crippen LogP contribution in [0.25, 0.3) is 0 Å². The Bertz CT molecular complexity index is 615. The first-order chi connectivity index (χ1) is 8.99. The Hall–Kier alpha value is -2.41. The molecule has 0 aliphatic heterocycles. The summed E-state index contributed by atoms with van der Waals surface area (Å²) in [5, 5.41) is 18.8. The van der Waals surface area contributed by atoms with Crippen molar-refractivity contribution in [1.82, 2.24) is 15.0 Å². The van der Waals surface area contributed by atoms with E-state index < -0.39 is 17.9 Å². The highest BCUT2D eigenvalue weighted by molar-refractivity contribution is 6.34. The van der Waals surface area contributed by atoms with Gasteiger partial charge >= 0.3 is 12.0 Å². The number of rotatable bonds is 2. The zero-order valence-corrected chi connectivity index (χ0v) is 10.5. The van der Waals surface area contributed by atoms with Crippen molar-refractivity contribution < 1.29 is 15.0 Å². The molecule has 2 aromatic rings. The van der Waals surface area contributed by atoms with Gasteiger partial charge in [-0.15, -0.1) is 4.98 Å². The van der Waals surface area contributed by atoms with Crippen molar-refractivity contribution in [2.24, 2.45) is 0 Å². The lowest BCUT2D eigenvalue weighted by atomic mass is 10.3. The maximum absolute atomic E-state index is 11.7. The third-order valence-electron chi connectivity index (χ3n) is 2.21. The minimum Gasteiger partial charge on any atom is -0.479 e. The summed E-state index contributed by atoms with van der Waals surface area (Å²) in [7, 11) is 0. The summed E-state index contributed by atoms with van der Waals surface area (Å²) in [6.07, 6.45) is 0. The summed E-state index contributed by atoms with van der Waals surface area (Å²) in [4.78, 5) is 23.2. The van der Waals surface area contributed by atoms with Crippen LogP contribution in [-0.4, -0.2) is 31.1 Å². The number of benzene rings is 1. The first-order valence-electron chi connectivity index (χ1n) is 5.18. The fourth-order valence-corrected chi connectivity index (χ4v) is 1.71. The van der Waals surface area contributed by atoms with Crippen molar-refractivity contribution in [3.63, 3.8) is 0 Å². The van der Waals surface area contributed by atoms with E-state index in [0.29, 0.717) is 10.7 Å². The number of halogens is 1. The van der Waals surface area contributed by atoms with Crippen LogP contribution in [0.15, 0.2) is 24.3 Å². The number of aromatic nitrogens is 3. The zero-order chi connectivity index (χ0) is 14.0. The van der Waals surface area contributed by atoms with Crippen LogP contribution in [0.1, 0.15) is 6.92 Å². The smallest absolute Gasteiger partial charge is 0.321 e. The van der Waals surface area contributed by atoms with E-state index in [1.165, 1.54) is 6.92 Å². The third kappa shape index (κ3) is 2.71. The molecule has 1 aromatic heterocycles. The number of hydrogen-bond donors (Lipinski definition) is 2. The highest BCUT2D eigenvalue weighted by atomic mass is 35.5. The largest absolute Gasteiger partial charge is 0.479 e. The van der Waals surface area contributed by atoms with Crippen LogP contribution in [0.2, 0.25) is 5.02 Å². The molecule has 0 unspecified atom stereocenters. The van der Waals surface area contributed by atoms with Gasteiger partial charge in [0.2, 0.25) is 11.9 Å². The summed E-state index contributed by atoms with van der Waals surface area (Å²) < 4.78 is 0. The van der Waals surface area contributed by atoms with Gasteiger partial charge in [-0.05, 0) is 12.1 Å². The molecule has 1 heterocycles. The molecule has 0 saturated heterocycles. The molecular weight excluding hydrogens is 272 g/mol. The number of anilines is 2. The Balaban J connectivity index is 2.58. The molecule has 0 aliphatic rings. The van der Waals surface area contributed by atoms with Crippen LogP contribution in [0.3, 0.4) is 0 Å². The maximum Gasteiger partial charge on any atom is 0.321 e. The van der Waals surface area contributed by atoms with Crippen LogP contribution in [0.5, 0.6) is 12.0 Å². The molecule has 0 aliphatic carbocycles. The molecule has 0 spiro atoms. The molecule has 8 heteroatoms. The molecule has 2 rings (SSSR count). The number of carbonyl (C=O) groups is 1. The molecule has 19 heavy (non-hydrogen) atoms. The molecule has 0 saturated carbocycles. The molecule has 0 atom stereocenters. The Morgan fingerprint density at radius 3 is 2.26 bits per heavy atom. The van der Waals surface area contributed by atoms with Crippen molar-refractivity contribution in [2.45, 2.75) is 6.92 Å². The van der Waals surface area contributed by atoms with Gasteiger partial charge in [-0.1, -0.05) is 23.7 Å². The monoisotopic (exact) mass is 280 g/mol. The Morgan fingerprint density at radius 2 is 1.74 bits per heavy atom. The van der Waals surface area contributed by atoms with Gasteiger partial charge < -0.3 is 10.2 Å². The fourth-order valence-electron chi connectivity index (χ4n) is 1.49. The number of para-hydroxylation sites is 1. The molecule has 1 aromatic carbocycles. The lowest BCUT2D eigenvalue weighted by Crippen LogP contribution is -2.25. The van der Waals surface area contributed by atoms with Crippen LogP contribution < -0.4 is 4.90 Å². The standard InChI is InChI=1S/C11H9ClN4O3/c1-6(17)16(8-5-3-2-4-7(8)12)9-13-10(18)15-11(19)14-9/h2-5H,1H3,(H2,13,14,15,18,19). The average Bonchev–Trinajstić information content (AvgIpc) is 2.30. The molecule has 7 nitrogen and oxygen atoms in total. The molecule has 1 amide bonds. The predicted octanol–water partition coefficient (Wildman–Crippen LogP) is 1.62.